The number of aliphatic hydroxyl groups excluding tert-OH is 2. The van der Waals surface area contributed by atoms with Crippen LogP contribution in [0.25, 0.3) is 0 Å². The summed E-state index contributed by atoms with van der Waals surface area (Å²) in [5.41, 5.74) is 0.0575. The minimum absolute atomic E-state index is 0.190. The lowest BCUT2D eigenvalue weighted by Gasteiger charge is -2.34. The van der Waals surface area contributed by atoms with E-state index in [1.54, 1.807) is 23.2 Å². The van der Waals surface area contributed by atoms with E-state index in [1.807, 2.05) is 26.8 Å². The number of halogens is 3. The van der Waals surface area contributed by atoms with Crippen LogP contribution in [0.2, 0.25) is 0 Å². The number of alkyl halides is 3. The number of aliphatic hydroxyl groups is 2. The van der Waals surface area contributed by atoms with Gasteiger partial charge in [0.1, 0.15) is 50.8 Å². The fourth-order valence-corrected chi connectivity index (χ4v) is 5.73. The summed E-state index contributed by atoms with van der Waals surface area (Å²) in [4.78, 5) is 12.3. The largest absolute Gasteiger partial charge is 0.508 e. The number of phenolic OH excluding ortho intramolecular Hbond substituents is 1. The Balaban J connectivity index is 0.000000378. The highest BCUT2D eigenvalue weighted by atomic mass is 19.4. The number of ether oxygens (including phenoxy) is 3. The zero-order valence-corrected chi connectivity index (χ0v) is 29.1. The van der Waals surface area contributed by atoms with E-state index in [-0.39, 0.29) is 17.3 Å². The molecule has 4 radical (unpaired) electrons. The molecule has 3 unspecified atom stereocenters. The van der Waals surface area contributed by atoms with E-state index in [9.17, 15) is 33.3 Å². The van der Waals surface area contributed by atoms with Gasteiger partial charge in [-0.25, -0.2) is 0 Å². The molecule has 1 aliphatic heterocycles. The number of pyridine rings is 1. The molecule has 2 aromatic carbocycles. The van der Waals surface area contributed by atoms with Crippen LogP contribution >= 0.6 is 0 Å². The Labute approximate surface area is 294 Å². The second-order valence-corrected chi connectivity index (χ2v) is 12.3. The molecular formula is C36H47B2F3N2O7. The zero-order valence-electron chi connectivity index (χ0n) is 29.1. The van der Waals surface area contributed by atoms with Crippen LogP contribution in [0.4, 0.5) is 13.2 Å². The van der Waals surface area contributed by atoms with Crippen molar-refractivity contribution in [1.29, 1.82) is 0 Å². The Bertz CT molecular complexity index is 1570. The van der Waals surface area contributed by atoms with Crippen LogP contribution in [-0.4, -0.2) is 86.2 Å². The standard InChI is InChI=1S/C28H39NO6.C6H2B2F3NO.C2H6/c1-18-15-20(3-9-25(18)35-26-10-6-22(30)16-19(26)2)11-13-29-21-4-7-23(8-5-21)34-17-27-28(32)24(31)12-14-33-27;7-2-1-3(8)5(13)12-4(2)6(9,10)11;1-2/h3,6,9-10,15-16,21,23-24,27-32H,4-5,7-8,11-14,17H2,1-2H3;1H,(H,12,13);1-2H3. The Morgan fingerprint density at radius 3 is 2.20 bits per heavy atom. The molecule has 2 fully saturated rings. The number of H-pyrrole nitrogens is 1. The zero-order chi connectivity index (χ0) is 37.0. The molecule has 1 aliphatic carbocycles. The van der Waals surface area contributed by atoms with Crippen molar-refractivity contribution in [1.82, 2.24) is 10.3 Å². The third-order valence-electron chi connectivity index (χ3n) is 8.54. The SMILES string of the molecule is CC.Cc1cc(O)ccc1Oc1ccc(CCNC2CCC(OCC3OCCC(O)C3O)CC2)cc1C.[B]c1cc([B])c(=O)[nH]c1C(F)(F)F. The molecule has 1 aromatic heterocycles. The normalized spacial score (nSPS) is 22.1. The van der Waals surface area contributed by atoms with E-state index >= 15 is 0 Å². The molecule has 1 saturated heterocycles. The van der Waals surface area contributed by atoms with Crippen LogP contribution in [0.1, 0.15) is 68.3 Å². The van der Waals surface area contributed by atoms with Gasteiger partial charge in [-0.2, -0.15) is 13.2 Å². The number of phenols is 1. The van der Waals surface area contributed by atoms with Crippen molar-refractivity contribution in [3.63, 3.8) is 0 Å². The highest BCUT2D eigenvalue weighted by Crippen LogP contribution is 2.30. The van der Waals surface area contributed by atoms with E-state index < -0.39 is 41.2 Å². The van der Waals surface area contributed by atoms with E-state index in [0.717, 1.165) is 67.3 Å². The third-order valence-corrected chi connectivity index (χ3v) is 8.54. The molecule has 50 heavy (non-hydrogen) atoms. The lowest BCUT2D eigenvalue weighted by Crippen LogP contribution is -2.47. The maximum absolute atomic E-state index is 12.1. The van der Waals surface area contributed by atoms with Crippen molar-refractivity contribution in [3.8, 4) is 17.2 Å². The molecule has 9 nitrogen and oxygen atoms in total. The van der Waals surface area contributed by atoms with Gasteiger partial charge >= 0.3 is 6.18 Å². The minimum atomic E-state index is -4.67. The fourth-order valence-electron chi connectivity index (χ4n) is 5.73. The Morgan fingerprint density at radius 1 is 0.940 bits per heavy atom. The third kappa shape index (κ3) is 12.2. The van der Waals surface area contributed by atoms with Gasteiger partial charge < -0.3 is 39.8 Å². The lowest BCUT2D eigenvalue weighted by molar-refractivity contribution is -0.163. The average molecular weight is 698 g/mol. The molecular weight excluding hydrogens is 651 g/mol. The number of nitrogens with one attached hydrogen (secondary N) is 2. The van der Waals surface area contributed by atoms with Gasteiger partial charge in [0.25, 0.3) is 0 Å². The molecule has 0 spiro atoms. The number of aromatic hydroxyl groups is 1. The van der Waals surface area contributed by atoms with Gasteiger partial charge in [0.05, 0.1) is 18.8 Å². The smallest absolute Gasteiger partial charge is 0.430 e. The van der Waals surface area contributed by atoms with Crippen LogP contribution in [0.5, 0.6) is 17.2 Å². The molecule has 0 amide bonds. The number of rotatable bonds is 9. The van der Waals surface area contributed by atoms with Gasteiger partial charge in [-0.05, 0) is 105 Å². The molecule has 14 heteroatoms. The first-order valence-electron chi connectivity index (χ1n) is 17.0. The molecule has 1 saturated carbocycles. The van der Waals surface area contributed by atoms with Gasteiger partial charge in [0.2, 0.25) is 5.56 Å². The first-order valence-corrected chi connectivity index (χ1v) is 17.0. The number of aryl methyl sites for hydroxylation is 2. The van der Waals surface area contributed by atoms with E-state index in [2.05, 4.69) is 24.4 Å². The summed E-state index contributed by atoms with van der Waals surface area (Å²) in [5.74, 6) is 1.82. The first kappa shape index (κ1) is 41.1. The lowest BCUT2D eigenvalue weighted by atomic mass is 9.87. The van der Waals surface area contributed by atoms with Crippen molar-refractivity contribution in [2.75, 3.05) is 19.8 Å². The Kier molecular flexibility index (Phi) is 15.9. The molecule has 3 aromatic rings. The van der Waals surface area contributed by atoms with Crippen LogP contribution < -0.4 is 26.5 Å². The number of aromatic nitrogens is 1. The highest BCUT2D eigenvalue weighted by molar-refractivity contribution is 6.38. The average Bonchev–Trinajstić information content (AvgIpc) is 3.07. The summed E-state index contributed by atoms with van der Waals surface area (Å²) in [6, 6.07) is 12.7. The molecule has 2 aliphatic rings. The number of hydrogen-bond donors (Lipinski definition) is 5. The van der Waals surface area contributed by atoms with Crippen molar-refractivity contribution < 1.29 is 42.7 Å². The Morgan fingerprint density at radius 2 is 1.58 bits per heavy atom. The van der Waals surface area contributed by atoms with Crippen LogP contribution in [0, 0.1) is 13.8 Å². The summed E-state index contributed by atoms with van der Waals surface area (Å²) in [6.45, 7) is 9.71. The summed E-state index contributed by atoms with van der Waals surface area (Å²) in [6.07, 6.45) is -0.933. The fraction of sp³-hybridized carbons (Fsp3) is 0.528. The number of aromatic amines is 1. The minimum Gasteiger partial charge on any atom is -0.508 e. The number of hydrogen-bond acceptors (Lipinski definition) is 8. The van der Waals surface area contributed by atoms with Gasteiger partial charge in [0.15, 0.2) is 0 Å². The second kappa shape index (κ2) is 19.4. The molecule has 0 bridgehead atoms. The topological polar surface area (TPSA) is 133 Å². The van der Waals surface area contributed by atoms with Crippen LogP contribution in [0.15, 0.2) is 47.3 Å². The quantitative estimate of drug-likeness (QED) is 0.214. The van der Waals surface area contributed by atoms with Gasteiger partial charge in [0, 0.05) is 12.6 Å². The molecule has 270 valence electrons. The van der Waals surface area contributed by atoms with E-state index in [1.165, 1.54) is 5.56 Å². The van der Waals surface area contributed by atoms with Crippen LogP contribution in [-0.2, 0) is 22.1 Å². The van der Waals surface area contributed by atoms with Crippen molar-refractivity contribution >= 4 is 26.6 Å². The predicted octanol–water partition coefficient (Wildman–Crippen LogP) is 3.78. The van der Waals surface area contributed by atoms with Crippen molar-refractivity contribution in [3.05, 3.63) is 75.2 Å². The molecule has 5 N–H and O–H groups in total. The molecule has 2 heterocycles. The molecule has 3 atom stereocenters. The monoisotopic (exact) mass is 698 g/mol. The highest BCUT2D eigenvalue weighted by Gasteiger charge is 2.34. The molecule has 5 rings (SSSR count). The summed E-state index contributed by atoms with van der Waals surface area (Å²) in [5, 5.41) is 33.1. The number of benzene rings is 2. The van der Waals surface area contributed by atoms with Gasteiger partial charge in [-0.1, -0.05) is 37.5 Å². The van der Waals surface area contributed by atoms with Crippen molar-refractivity contribution in [2.45, 2.75) is 103 Å². The van der Waals surface area contributed by atoms with E-state index in [0.29, 0.717) is 25.7 Å². The summed E-state index contributed by atoms with van der Waals surface area (Å²) in [7, 11) is 10.0. The first-order chi connectivity index (χ1) is 23.7. The predicted molar refractivity (Wildman–Crippen MR) is 188 cm³/mol. The van der Waals surface area contributed by atoms with Crippen LogP contribution in [0.3, 0.4) is 0 Å². The summed E-state index contributed by atoms with van der Waals surface area (Å²) < 4.78 is 53.8. The maximum Gasteiger partial charge on any atom is 0.430 e. The summed E-state index contributed by atoms with van der Waals surface area (Å²) >= 11 is 0. The second-order valence-electron chi connectivity index (χ2n) is 12.3. The van der Waals surface area contributed by atoms with Crippen molar-refractivity contribution in [2.24, 2.45) is 0 Å². The Hall–Kier alpha value is -3.29. The van der Waals surface area contributed by atoms with Gasteiger partial charge in [-0.15, -0.1) is 0 Å². The van der Waals surface area contributed by atoms with E-state index in [4.69, 9.17) is 29.9 Å². The maximum atomic E-state index is 12.1. The van der Waals surface area contributed by atoms with Gasteiger partial charge in [-0.3, -0.25) is 4.79 Å².